The summed E-state index contributed by atoms with van der Waals surface area (Å²) in [5, 5.41) is 11.4. The molecule has 2 heterocycles. The zero-order valence-electron chi connectivity index (χ0n) is 9.70. The lowest BCUT2D eigenvalue weighted by atomic mass is 9.87. The summed E-state index contributed by atoms with van der Waals surface area (Å²) in [6.45, 7) is 4.62. The van der Waals surface area contributed by atoms with E-state index in [-0.39, 0.29) is 5.00 Å². The molecule has 17 heavy (non-hydrogen) atoms. The molecule has 1 aliphatic rings. The summed E-state index contributed by atoms with van der Waals surface area (Å²) in [6.07, 6.45) is 2.39. The molecule has 0 radical (unpaired) electrons. The summed E-state index contributed by atoms with van der Waals surface area (Å²) >= 11 is 1.14. The van der Waals surface area contributed by atoms with Crippen LogP contribution in [-0.4, -0.2) is 29.5 Å². The van der Waals surface area contributed by atoms with Gasteiger partial charge in [-0.2, -0.15) is 0 Å². The predicted octanol–water partition coefficient (Wildman–Crippen LogP) is 1.47. The zero-order valence-corrected chi connectivity index (χ0v) is 10.5. The van der Waals surface area contributed by atoms with Gasteiger partial charge in [-0.15, -0.1) is 0 Å². The second-order valence-corrected chi connectivity index (χ2v) is 5.43. The van der Waals surface area contributed by atoms with Crippen molar-refractivity contribution >= 4 is 21.5 Å². The standard InChI is InChI=1S/C10H16N4O2S/c1-7-2-3-13(6-8(7)4-11)10-12-5-9(17-10)14(15)16/h5,7-8H,2-4,6,11H2,1H3. The van der Waals surface area contributed by atoms with Gasteiger partial charge in [-0.3, -0.25) is 10.1 Å². The number of anilines is 1. The van der Waals surface area contributed by atoms with Crippen LogP contribution in [0.15, 0.2) is 6.20 Å². The van der Waals surface area contributed by atoms with Crippen LogP contribution < -0.4 is 10.6 Å². The Bertz CT molecular complexity index is 409. The van der Waals surface area contributed by atoms with Gasteiger partial charge in [0.25, 0.3) is 0 Å². The Morgan fingerprint density at radius 2 is 2.53 bits per heavy atom. The van der Waals surface area contributed by atoms with Gasteiger partial charge in [-0.25, -0.2) is 4.98 Å². The average Bonchev–Trinajstić information content (AvgIpc) is 2.79. The molecule has 2 rings (SSSR count). The van der Waals surface area contributed by atoms with E-state index in [9.17, 15) is 10.1 Å². The maximum atomic E-state index is 10.6. The van der Waals surface area contributed by atoms with Crippen LogP contribution in [0.5, 0.6) is 0 Å². The smallest absolute Gasteiger partial charge is 0.345 e. The van der Waals surface area contributed by atoms with Crippen molar-refractivity contribution in [2.24, 2.45) is 17.6 Å². The monoisotopic (exact) mass is 256 g/mol. The molecule has 1 saturated heterocycles. The van der Waals surface area contributed by atoms with Crippen LogP contribution in [0.4, 0.5) is 10.1 Å². The van der Waals surface area contributed by atoms with Crippen molar-refractivity contribution in [3.63, 3.8) is 0 Å². The Morgan fingerprint density at radius 3 is 3.12 bits per heavy atom. The molecule has 1 aromatic rings. The van der Waals surface area contributed by atoms with Crippen LogP contribution in [0.25, 0.3) is 0 Å². The molecule has 2 N–H and O–H groups in total. The molecule has 1 aliphatic heterocycles. The van der Waals surface area contributed by atoms with Gasteiger partial charge in [0.05, 0.1) is 4.92 Å². The van der Waals surface area contributed by atoms with Gasteiger partial charge in [0.1, 0.15) is 6.20 Å². The summed E-state index contributed by atoms with van der Waals surface area (Å²) in [4.78, 5) is 16.4. The van der Waals surface area contributed by atoms with Crippen molar-refractivity contribution in [1.82, 2.24) is 4.98 Å². The summed E-state index contributed by atoms with van der Waals surface area (Å²) < 4.78 is 0. The van der Waals surface area contributed by atoms with Crippen LogP contribution in [0.2, 0.25) is 0 Å². The van der Waals surface area contributed by atoms with E-state index in [1.165, 1.54) is 6.20 Å². The van der Waals surface area contributed by atoms with Gasteiger partial charge in [0, 0.05) is 13.1 Å². The first-order valence-corrected chi connectivity index (χ1v) is 6.48. The molecular weight excluding hydrogens is 240 g/mol. The number of piperidine rings is 1. The molecule has 1 fully saturated rings. The van der Waals surface area contributed by atoms with Gasteiger partial charge in [-0.05, 0) is 36.1 Å². The van der Waals surface area contributed by atoms with Gasteiger partial charge in [0.15, 0.2) is 5.13 Å². The Hall–Kier alpha value is -1.21. The number of nitrogens with zero attached hydrogens (tertiary/aromatic N) is 3. The fraction of sp³-hybridized carbons (Fsp3) is 0.700. The lowest BCUT2D eigenvalue weighted by molar-refractivity contribution is -0.380. The van der Waals surface area contributed by atoms with E-state index in [1.807, 2.05) is 0 Å². The highest BCUT2D eigenvalue weighted by Crippen LogP contribution is 2.32. The molecule has 0 amide bonds. The maximum Gasteiger partial charge on any atom is 0.345 e. The lowest BCUT2D eigenvalue weighted by Crippen LogP contribution is -2.42. The highest BCUT2D eigenvalue weighted by molar-refractivity contribution is 7.18. The molecule has 1 aromatic heterocycles. The van der Waals surface area contributed by atoms with E-state index in [1.54, 1.807) is 0 Å². The third kappa shape index (κ3) is 2.55. The second kappa shape index (κ2) is 4.97. The van der Waals surface area contributed by atoms with Gasteiger partial charge in [-0.1, -0.05) is 6.92 Å². The predicted molar refractivity (Wildman–Crippen MR) is 67.3 cm³/mol. The van der Waals surface area contributed by atoms with Crippen molar-refractivity contribution in [2.45, 2.75) is 13.3 Å². The van der Waals surface area contributed by atoms with Crippen LogP contribution in [-0.2, 0) is 0 Å². The molecule has 94 valence electrons. The summed E-state index contributed by atoms with van der Waals surface area (Å²) in [7, 11) is 0. The Morgan fingerprint density at radius 1 is 1.76 bits per heavy atom. The van der Waals surface area contributed by atoms with E-state index in [0.717, 1.165) is 36.0 Å². The molecule has 6 nitrogen and oxygen atoms in total. The molecular formula is C10H16N4O2S. The number of aromatic nitrogens is 1. The van der Waals surface area contributed by atoms with Gasteiger partial charge < -0.3 is 10.6 Å². The largest absolute Gasteiger partial charge is 0.348 e. The minimum atomic E-state index is -0.395. The number of thiazole rings is 1. The van der Waals surface area contributed by atoms with Crippen LogP contribution >= 0.6 is 11.3 Å². The zero-order chi connectivity index (χ0) is 12.4. The maximum absolute atomic E-state index is 10.6. The molecule has 0 aliphatic carbocycles. The lowest BCUT2D eigenvalue weighted by Gasteiger charge is -2.36. The molecule has 0 saturated carbocycles. The average molecular weight is 256 g/mol. The Balaban J connectivity index is 2.09. The number of hydrogen-bond donors (Lipinski definition) is 1. The van der Waals surface area contributed by atoms with Gasteiger partial charge >= 0.3 is 5.00 Å². The van der Waals surface area contributed by atoms with Crippen molar-refractivity contribution < 1.29 is 4.92 Å². The van der Waals surface area contributed by atoms with E-state index in [0.29, 0.717) is 18.4 Å². The molecule has 2 unspecified atom stereocenters. The van der Waals surface area contributed by atoms with Gasteiger partial charge in [0.2, 0.25) is 0 Å². The third-order valence-corrected chi connectivity index (χ3v) is 4.36. The summed E-state index contributed by atoms with van der Waals surface area (Å²) in [5.41, 5.74) is 5.74. The van der Waals surface area contributed by atoms with Crippen LogP contribution in [0.1, 0.15) is 13.3 Å². The fourth-order valence-electron chi connectivity index (χ4n) is 2.12. The molecule has 0 bridgehead atoms. The highest BCUT2D eigenvalue weighted by Gasteiger charge is 2.27. The van der Waals surface area contributed by atoms with E-state index in [4.69, 9.17) is 5.73 Å². The quantitative estimate of drug-likeness (QED) is 0.654. The first-order chi connectivity index (χ1) is 8.11. The number of nitrogens with two attached hydrogens (primary N) is 1. The molecule has 2 atom stereocenters. The number of rotatable bonds is 3. The van der Waals surface area contributed by atoms with E-state index < -0.39 is 4.92 Å². The first-order valence-electron chi connectivity index (χ1n) is 5.67. The minimum Gasteiger partial charge on any atom is -0.348 e. The topological polar surface area (TPSA) is 85.3 Å². The van der Waals surface area contributed by atoms with Crippen LogP contribution in [0.3, 0.4) is 0 Å². The third-order valence-electron chi connectivity index (χ3n) is 3.35. The minimum absolute atomic E-state index is 0.0999. The molecule has 7 heteroatoms. The summed E-state index contributed by atoms with van der Waals surface area (Å²) in [6, 6.07) is 0. The van der Waals surface area contributed by atoms with E-state index in [2.05, 4.69) is 16.8 Å². The summed E-state index contributed by atoms with van der Waals surface area (Å²) in [5.74, 6) is 1.07. The number of hydrogen-bond acceptors (Lipinski definition) is 6. The molecule has 0 spiro atoms. The normalized spacial score (nSPS) is 24.9. The number of nitro groups is 1. The van der Waals surface area contributed by atoms with Crippen molar-refractivity contribution in [2.75, 3.05) is 24.5 Å². The van der Waals surface area contributed by atoms with Crippen LogP contribution in [0, 0.1) is 22.0 Å². The highest BCUT2D eigenvalue weighted by atomic mass is 32.1. The van der Waals surface area contributed by atoms with E-state index >= 15 is 0 Å². The SMILES string of the molecule is CC1CCN(c2ncc([N+](=O)[O-])s2)CC1CN. The Labute approximate surface area is 104 Å². The van der Waals surface area contributed by atoms with Crippen molar-refractivity contribution in [1.29, 1.82) is 0 Å². The fourth-order valence-corrected chi connectivity index (χ4v) is 2.88. The van der Waals surface area contributed by atoms with Crippen molar-refractivity contribution in [3.8, 4) is 0 Å². The second-order valence-electron chi connectivity index (χ2n) is 4.45. The van der Waals surface area contributed by atoms with Crippen molar-refractivity contribution in [3.05, 3.63) is 16.3 Å². The Kier molecular flexibility index (Phi) is 3.58. The first kappa shape index (κ1) is 12.3. The molecule has 0 aromatic carbocycles.